The highest BCUT2D eigenvalue weighted by molar-refractivity contribution is 8.20. The van der Waals surface area contributed by atoms with Gasteiger partial charge in [0.05, 0.1) is 16.2 Å². The van der Waals surface area contributed by atoms with Crippen LogP contribution in [-0.2, 0) is 0 Å². The van der Waals surface area contributed by atoms with Crippen LogP contribution in [0.5, 0.6) is 0 Å². The first-order valence-corrected chi connectivity index (χ1v) is 8.05. The lowest BCUT2D eigenvalue weighted by atomic mass is 10.1. The van der Waals surface area contributed by atoms with Gasteiger partial charge in [0.2, 0.25) is 0 Å². The van der Waals surface area contributed by atoms with Crippen LogP contribution in [0.2, 0.25) is 0 Å². The van der Waals surface area contributed by atoms with Crippen molar-refractivity contribution in [2.24, 2.45) is 0 Å². The number of carbonyl (C=O) groups excluding carboxylic acids is 1. The van der Waals surface area contributed by atoms with E-state index >= 15 is 0 Å². The van der Waals surface area contributed by atoms with Gasteiger partial charge < -0.3 is 5.11 Å². The Morgan fingerprint density at radius 3 is 2.54 bits per heavy atom. The molecule has 120 valence electrons. The SMILES string of the molecule is O=C(O)c1ccc(/C=C2\SC(=O)N(c3cccc(F)c3)C2=S)cc1. The molecule has 0 atom stereocenters. The van der Waals surface area contributed by atoms with Gasteiger partial charge in [-0.25, -0.2) is 9.18 Å². The summed E-state index contributed by atoms with van der Waals surface area (Å²) < 4.78 is 13.4. The largest absolute Gasteiger partial charge is 0.478 e. The molecule has 1 heterocycles. The minimum absolute atomic E-state index is 0.177. The highest BCUT2D eigenvalue weighted by Gasteiger charge is 2.33. The normalized spacial score (nSPS) is 16.0. The molecule has 24 heavy (non-hydrogen) atoms. The maximum absolute atomic E-state index is 13.4. The van der Waals surface area contributed by atoms with E-state index < -0.39 is 11.8 Å². The summed E-state index contributed by atoms with van der Waals surface area (Å²) in [7, 11) is 0. The van der Waals surface area contributed by atoms with E-state index in [1.807, 2.05) is 0 Å². The van der Waals surface area contributed by atoms with Crippen molar-refractivity contribution in [3.05, 3.63) is 70.4 Å². The number of carboxylic acid groups (broad SMARTS) is 1. The molecule has 1 aliphatic rings. The molecule has 7 heteroatoms. The number of carboxylic acids is 1. The summed E-state index contributed by atoms with van der Waals surface area (Å²) in [5.41, 5.74) is 1.28. The van der Waals surface area contributed by atoms with E-state index in [4.69, 9.17) is 17.3 Å². The second kappa shape index (κ2) is 6.54. The number of amides is 1. The van der Waals surface area contributed by atoms with Crippen LogP contribution in [0, 0.1) is 5.82 Å². The van der Waals surface area contributed by atoms with Crippen LogP contribution in [0.25, 0.3) is 6.08 Å². The van der Waals surface area contributed by atoms with Crippen molar-refractivity contribution in [1.29, 1.82) is 0 Å². The van der Waals surface area contributed by atoms with Gasteiger partial charge in [-0.05, 0) is 53.7 Å². The number of rotatable bonds is 3. The Morgan fingerprint density at radius 1 is 1.21 bits per heavy atom. The average Bonchev–Trinajstić information content (AvgIpc) is 2.82. The molecule has 0 aliphatic carbocycles. The van der Waals surface area contributed by atoms with E-state index in [9.17, 15) is 14.0 Å². The van der Waals surface area contributed by atoms with Gasteiger partial charge in [-0.2, -0.15) is 0 Å². The number of anilines is 1. The summed E-state index contributed by atoms with van der Waals surface area (Å²) in [6.45, 7) is 0. The number of thiocarbonyl (C=S) groups is 1. The Labute approximate surface area is 146 Å². The molecular formula is C17H10FNO3S2. The molecule has 0 saturated carbocycles. The Bertz CT molecular complexity index is 878. The van der Waals surface area contributed by atoms with Gasteiger partial charge in [-0.3, -0.25) is 9.69 Å². The number of benzene rings is 2. The van der Waals surface area contributed by atoms with Crippen molar-refractivity contribution >= 4 is 51.9 Å². The van der Waals surface area contributed by atoms with Crippen LogP contribution in [0.3, 0.4) is 0 Å². The van der Waals surface area contributed by atoms with Crippen LogP contribution in [0.1, 0.15) is 15.9 Å². The van der Waals surface area contributed by atoms with Gasteiger partial charge >= 0.3 is 5.97 Å². The summed E-state index contributed by atoms with van der Waals surface area (Å²) in [6.07, 6.45) is 1.70. The van der Waals surface area contributed by atoms with Crippen LogP contribution in [0.4, 0.5) is 14.9 Å². The monoisotopic (exact) mass is 359 g/mol. The smallest absolute Gasteiger partial charge is 0.335 e. The lowest BCUT2D eigenvalue weighted by Gasteiger charge is -2.14. The quantitative estimate of drug-likeness (QED) is 0.643. The number of thioether (sulfide) groups is 1. The first-order chi connectivity index (χ1) is 11.5. The Kier molecular flexibility index (Phi) is 4.46. The molecule has 0 unspecified atom stereocenters. The van der Waals surface area contributed by atoms with Crippen LogP contribution in [-0.4, -0.2) is 21.3 Å². The van der Waals surface area contributed by atoms with Crippen LogP contribution in [0.15, 0.2) is 53.4 Å². The summed E-state index contributed by atoms with van der Waals surface area (Å²) in [5, 5.41) is 8.59. The second-order valence-corrected chi connectivity index (χ2v) is 6.30. The fraction of sp³-hybridized carbons (Fsp3) is 0. The van der Waals surface area contributed by atoms with E-state index in [0.717, 1.165) is 17.3 Å². The van der Waals surface area contributed by atoms with E-state index in [2.05, 4.69) is 0 Å². The Balaban J connectivity index is 1.89. The van der Waals surface area contributed by atoms with Crippen molar-refractivity contribution in [1.82, 2.24) is 0 Å². The van der Waals surface area contributed by atoms with E-state index in [-0.39, 0.29) is 15.8 Å². The predicted molar refractivity (Wildman–Crippen MR) is 95.8 cm³/mol. The van der Waals surface area contributed by atoms with Gasteiger partial charge in [0.25, 0.3) is 5.24 Å². The van der Waals surface area contributed by atoms with Crippen LogP contribution >= 0.6 is 24.0 Å². The molecule has 1 fully saturated rings. The molecule has 0 aromatic heterocycles. The van der Waals surface area contributed by atoms with E-state index in [1.165, 1.54) is 35.2 Å². The maximum Gasteiger partial charge on any atom is 0.335 e. The number of hydrogen-bond donors (Lipinski definition) is 1. The number of nitrogens with zero attached hydrogens (tertiary/aromatic N) is 1. The third-order valence-electron chi connectivity index (χ3n) is 3.32. The van der Waals surface area contributed by atoms with Gasteiger partial charge in [0.1, 0.15) is 10.8 Å². The first kappa shape index (κ1) is 16.4. The minimum Gasteiger partial charge on any atom is -0.478 e. The predicted octanol–water partition coefficient (Wildman–Crippen LogP) is 4.57. The maximum atomic E-state index is 13.4. The molecule has 1 amide bonds. The lowest BCUT2D eigenvalue weighted by Crippen LogP contribution is -2.26. The zero-order chi connectivity index (χ0) is 17.3. The van der Waals surface area contributed by atoms with Gasteiger partial charge in [0, 0.05) is 0 Å². The Morgan fingerprint density at radius 2 is 1.92 bits per heavy atom. The fourth-order valence-electron chi connectivity index (χ4n) is 2.18. The van der Waals surface area contributed by atoms with Crippen LogP contribution < -0.4 is 4.90 Å². The lowest BCUT2D eigenvalue weighted by molar-refractivity contribution is 0.0697. The molecule has 0 radical (unpaired) electrons. The van der Waals surface area contributed by atoms with Gasteiger partial charge in [-0.1, -0.05) is 30.4 Å². The van der Waals surface area contributed by atoms with Gasteiger partial charge in [0.15, 0.2) is 0 Å². The molecule has 2 aromatic carbocycles. The molecule has 0 spiro atoms. The fourth-order valence-corrected chi connectivity index (χ4v) is 3.46. The van der Waals surface area contributed by atoms with Crippen molar-refractivity contribution in [3.8, 4) is 0 Å². The topological polar surface area (TPSA) is 57.6 Å². The number of halogens is 1. The third kappa shape index (κ3) is 3.22. The first-order valence-electron chi connectivity index (χ1n) is 6.82. The molecule has 1 aliphatic heterocycles. The summed E-state index contributed by atoms with van der Waals surface area (Å²) in [5.74, 6) is -1.46. The van der Waals surface area contributed by atoms with E-state index in [1.54, 1.807) is 24.3 Å². The number of hydrogen-bond acceptors (Lipinski definition) is 4. The van der Waals surface area contributed by atoms with Crippen molar-refractivity contribution < 1.29 is 19.1 Å². The third-order valence-corrected chi connectivity index (χ3v) is 4.74. The molecule has 3 rings (SSSR count). The zero-order valence-corrected chi connectivity index (χ0v) is 13.7. The molecule has 2 aromatic rings. The standard InChI is InChI=1S/C17H10FNO3S2/c18-12-2-1-3-13(9-12)19-15(23)14(24-17(19)22)8-10-4-6-11(7-5-10)16(20)21/h1-9H,(H,20,21)/b14-8-. The summed E-state index contributed by atoms with van der Waals surface area (Å²) in [6, 6.07) is 11.9. The average molecular weight is 359 g/mol. The summed E-state index contributed by atoms with van der Waals surface area (Å²) in [4.78, 5) is 25.2. The van der Waals surface area contributed by atoms with E-state index in [0.29, 0.717) is 10.6 Å². The summed E-state index contributed by atoms with van der Waals surface area (Å²) >= 11 is 6.29. The Hall–Kier alpha value is -2.51. The van der Waals surface area contributed by atoms with Gasteiger partial charge in [-0.15, -0.1) is 0 Å². The molecular weight excluding hydrogens is 349 g/mol. The zero-order valence-electron chi connectivity index (χ0n) is 12.1. The molecule has 4 nitrogen and oxygen atoms in total. The van der Waals surface area contributed by atoms with Crippen molar-refractivity contribution in [3.63, 3.8) is 0 Å². The molecule has 1 saturated heterocycles. The molecule has 0 bridgehead atoms. The highest BCUT2D eigenvalue weighted by Crippen LogP contribution is 2.36. The van der Waals surface area contributed by atoms with Crippen molar-refractivity contribution in [2.75, 3.05) is 4.90 Å². The molecule has 1 N–H and O–H groups in total. The minimum atomic E-state index is -1.01. The number of aromatic carboxylic acids is 1. The number of carbonyl (C=O) groups is 2. The van der Waals surface area contributed by atoms with Crippen molar-refractivity contribution in [2.45, 2.75) is 0 Å². The second-order valence-electron chi connectivity index (χ2n) is 4.92. The highest BCUT2D eigenvalue weighted by atomic mass is 32.2.